The van der Waals surface area contributed by atoms with E-state index in [4.69, 9.17) is 10.5 Å². The summed E-state index contributed by atoms with van der Waals surface area (Å²) in [6, 6.07) is 0. The van der Waals surface area contributed by atoms with E-state index >= 15 is 0 Å². The van der Waals surface area contributed by atoms with Gasteiger partial charge in [-0.25, -0.2) is 0 Å². The fourth-order valence-electron chi connectivity index (χ4n) is 1.26. The van der Waals surface area contributed by atoms with E-state index in [0.29, 0.717) is 6.61 Å². The van der Waals surface area contributed by atoms with E-state index in [2.05, 4.69) is 28.2 Å². The zero-order valence-corrected chi connectivity index (χ0v) is 10.2. The normalized spacial score (nSPS) is 15.7. The van der Waals surface area contributed by atoms with Gasteiger partial charge in [-0.1, -0.05) is 6.92 Å². The average molecular weight is 264 g/mol. The van der Waals surface area contributed by atoms with Gasteiger partial charge in [0.15, 0.2) is 0 Å². The van der Waals surface area contributed by atoms with Crippen LogP contribution in [0.3, 0.4) is 0 Å². The van der Waals surface area contributed by atoms with Crippen molar-refractivity contribution in [3.8, 4) is 0 Å². The molecule has 1 atom stereocenters. The molecule has 74 valence electrons. The lowest BCUT2D eigenvalue weighted by atomic mass is 9.92. The fourth-order valence-corrected chi connectivity index (χ4v) is 3.06. The van der Waals surface area contributed by atoms with Gasteiger partial charge in [0.25, 0.3) is 0 Å². The van der Waals surface area contributed by atoms with Crippen molar-refractivity contribution in [1.29, 1.82) is 0 Å². The maximum atomic E-state index is 6.23. The van der Waals surface area contributed by atoms with Crippen LogP contribution >= 0.6 is 27.3 Å². The number of thiophene rings is 1. The second kappa shape index (κ2) is 4.55. The minimum atomic E-state index is -0.354. The lowest BCUT2D eigenvalue weighted by Gasteiger charge is -2.27. The molecule has 0 saturated heterocycles. The highest BCUT2D eigenvalue weighted by molar-refractivity contribution is 9.10. The maximum absolute atomic E-state index is 6.23. The molecule has 0 amide bonds. The fraction of sp³-hybridized carbons (Fsp3) is 0.556. The Morgan fingerprint density at radius 2 is 2.31 bits per heavy atom. The molecule has 0 aliphatic rings. The molecule has 0 radical (unpaired) electrons. The molecule has 0 aliphatic carbocycles. The SMILES string of the molecule is CCC(N)(COC)c1cscc1Br. The molecule has 0 fully saturated rings. The van der Waals surface area contributed by atoms with Crippen molar-refractivity contribution in [1.82, 2.24) is 0 Å². The van der Waals surface area contributed by atoms with Gasteiger partial charge in [0.2, 0.25) is 0 Å². The molecule has 2 N–H and O–H groups in total. The van der Waals surface area contributed by atoms with Crippen LogP contribution in [0, 0.1) is 0 Å². The predicted molar refractivity (Wildman–Crippen MR) is 60.1 cm³/mol. The van der Waals surface area contributed by atoms with Crippen LogP contribution in [-0.2, 0) is 10.3 Å². The van der Waals surface area contributed by atoms with Crippen LogP contribution < -0.4 is 5.73 Å². The second-order valence-electron chi connectivity index (χ2n) is 3.08. The Balaban J connectivity index is 2.95. The summed E-state index contributed by atoms with van der Waals surface area (Å²) in [5.41, 5.74) is 7.01. The zero-order valence-electron chi connectivity index (χ0n) is 7.84. The minimum Gasteiger partial charge on any atom is -0.382 e. The number of halogens is 1. The van der Waals surface area contributed by atoms with E-state index in [1.54, 1.807) is 18.4 Å². The summed E-state index contributed by atoms with van der Waals surface area (Å²) < 4.78 is 6.22. The predicted octanol–water partition coefficient (Wildman–Crippen LogP) is 2.72. The molecular formula is C9H14BrNOS. The quantitative estimate of drug-likeness (QED) is 0.907. The smallest absolute Gasteiger partial charge is 0.0684 e. The molecule has 0 saturated carbocycles. The van der Waals surface area contributed by atoms with Crippen LogP contribution in [0.1, 0.15) is 18.9 Å². The molecule has 0 spiro atoms. The monoisotopic (exact) mass is 263 g/mol. The zero-order chi connectivity index (χ0) is 9.90. The molecule has 13 heavy (non-hydrogen) atoms. The molecule has 2 nitrogen and oxygen atoms in total. The highest BCUT2D eigenvalue weighted by Crippen LogP contribution is 2.32. The third-order valence-electron chi connectivity index (χ3n) is 2.18. The Labute approximate surface area is 91.2 Å². The molecular weight excluding hydrogens is 250 g/mol. The molecule has 1 rings (SSSR count). The van der Waals surface area contributed by atoms with Crippen LogP contribution in [0.4, 0.5) is 0 Å². The van der Waals surface area contributed by atoms with Crippen LogP contribution in [0.5, 0.6) is 0 Å². The van der Waals surface area contributed by atoms with Crippen molar-refractivity contribution in [3.05, 3.63) is 20.8 Å². The summed E-state index contributed by atoms with van der Waals surface area (Å²) in [7, 11) is 1.68. The largest absolute Gasteiger partial charge is 0.382 e. The van der Waals surface area contributed by atoms with Crippen LogP contribution in [0.25, 0.3) is 0 Å². The van der Waals surface area contributed by atoms with Gasteiger partial charge in [0.1, 0.15) is 0 Å². The number of hydrogen-bond acceptors (Lipinski definition) is 3. The van der Waals surface area contributed by atoms with Gasteiger partial charge in [0.05, 0.1) is 12.1 Å². The van der Waals surface area contributed by atoms with E-state index < -0.39 is 0 Å². The molecule has 1 aromatic heterocycles. The van der Waals surface area contributed by atoms with Gasteiger partial charge in [-0.2, -0.15) is 11.3 Å². The molecule has 1 aromatic rings. The average Bonchev–Trinajstić information content (AvgIpc) is 2.52. The van der Waals surface area contributed by atoms with E-state index in [1.807, 2.05) is 5.38 Å². The van der Waals surface area contributed by atoms with Gasteiger partial charge < -0.3 is 10.5 Å². The van der Waals surface area contributed by atoms with E-state index in [-0.39, 0.29) is 5.54 Å². The first-order valence-corrected chi connectivity index (χ1v) is 5.87. The van der Waals surface area contributed by atoms with E-state index in [0.717, 1.165) is 16.5 Å². The van der Waals surface area contributed by atoms with Crippen LogP contribution in [0.15, 0.2) is 15.2 Å². The van der Waals surface area contributed by atoms with Crippen molar-refractivity contribution in [2.75, 3.05) is 13.7 Å². The number of ether oxygens (including phenoxy) is 1. The Morgan fingerprint density at radius 1 is 1.62 bits per heavy atom. The summed E-state index contributed by atoms with van der Waals surface area (Å²) in [5, 5.41) is 4.12. The van der Waals surface area contributed by atoms with Gasteiger partial charge >= 0.3 is 0 Å². The van der Waals surface area contributed by atoms with Crippen LogP contribution in [0.2, 0.25) is 0 Å². The summed E-state index contributed by atoms with van der Waals surface area (Å²) in [6.45, 7) is 2.63. The van der Waals surface area contributed by atoms with Crippen molar-refractivity contribution >= 4 is 27.3 Å². The Morgan fingerprint density at radius 3 is 2.69 bits per heavy atom. The van der Waals surface area contributed by atoms with Gasteiger partial charge in [-0.15, -0.1) is 0 Å². The third-order valence-corrected chi connectivity index (χ3v) is 3.89. The number of methoxy groups -OCH3 is 1. The van der Waals surface area contributed by atoms with E-state index in [9.17, 15) is 0 Å². The van der Waals surface area contributed by atoms with Crippen molar-refractivity contribution < 1.29 is 4.74 Å². The summed E-state index contributed by atoms with van der Waals surface area (Å²) in [4.78, 5) is 0. The highest BCUT2D eigenvalue weighted by atomic mass is 79.9. The van der Waals surface area contributed by atoms with Gasteiger partial charge in [0, 0.05) is 17.0 Å². The van der Waals surface area contributed by atoms with Crippen molar-refractivity contribution in [2.24, 2.45) is 5.73 Å². The van der Waals surface area contributed by atoms with Gasteiger partial charge in [-0.3, -0.25) is 0 Å². The minimum absolute atomic E-state index is 0.354. The Bertz CT molecular complexity index is 276. The van der Waals surface area contributed by atoms with E-state index in [1.165, 1.54) is 0 Å². The third kappa shape index (κ3) is 2.31. The first-order valence-electron chi connectivity index (χ1n) is 4.14. The molecule has 0 aliphatic heterocycles. The molecule has 1 heterocycles. The highest BCUT2D eigenvalue weighted by Gasteiger charge is 2.27. The summed E-state index contributed by atoms with van der Waals surface area (Å²) >= 11 is 5.14. The molecule has 4 heteroatoms. The Kier molecular flexibility index (Phi) is 3.91. The maximum Gasteiger partial charge on any atom is 0.0684 e. The Hall–Kier alpha value is 0.100. The molecule has 0 bridgehead atoms. The first kappa shape index (κ1) is 11.2. The topological polar surface area (TPSA) is 35.2 Å². The summed E-state index contributed by atoms with van der Waals surface area (Å²) in [5.74, 6) is 0. The second-order valence-corrected chi connectivity index (χ2v) is 4.67. The number of hydrogen-bond donors (Lipinski definition) is 1. The lowest BCUT2D eigenvalue weighted by molar-refractivity contribution is 0.129. The van der Waals surface area contributed by atoms with Gasteiger partial charge in [-0.05, 0) is 33.3 Å². The molecule has 0 aromatic carbocycles. The first-order chi connectivity index (χ1) is 6.14. The number of rotatable bonds is 4. The molecule has 1 unspecified atom stereocenters. The van der Waals surface area contributed by atoms with Crippen molar-refractivity contribution in [3.63, 3.8) is 0 Å². The van der Waals surface area contributed by atoms with Crippen LogP contribution in [-0.4, -0.2) is 13.7 Å². The standard InChI is InChI=1S/C9H14BrNOS/c1-3-9(11,6-12-2)7-4-13-5-8(7)10/h4-5H,3,6,11H2,1-2H3. The lowest BCUT2D eigenvalue weighted by Crippen LogP contribution is -2.40. The number of nitrogens with two attached hydrogens (primary N) is 1. The summed E-state index contributed by atoms with van der Waals surface area (Å²) in [6.07, 6.45) is 0.871. The van der Waals surface area contributed by atoms with Crippen molar-refractivity contribution in [2.45, 2.75) is 18.9 Å².